The smallest absolute Gasteiger partial charge is 0.222 e. The Kier molecular flexibility index (Phi) is 13.5. The molecule has 6 heteroatoms. The molecule has 0 aromatic carbocycles. The minimum absolute atomic E-state index is 0. The van der Waals surface area contributed by atoms with Gasteiger partial charge < -0.3 is 16.0 Å². The number of amides is 1. The second kappa shape index (κ2) is 13.9. The fourth-order valence-corrected chi connectivity index (χ4v) is 2.78. The predicted octanol–water partition coefficient (Wildman–Crippen LogP) is 2.90. The van der Waals surface area contributed by atoms with E-state index in [-0.39, 0.29) is 35.8 Å². The average Bonchev–Trinajstić information content (AvgIpc) is 3.00. The molecular formula is C17H35IN4O. The molecular weight excluding hydrogens is 403 g/mol. The molecule has 1 aliphatic rings. The lowest BCUT2D eigenvalue weighted by Crippen LogP contribution is -2.42. The predicted molar refractivity (Wildman–Crippen MR) is 108 cm³/mol. The minimum atomic E-state index is 0. The third kappa shape index (κ3) is 10.8. The number of guanidine groups is 1. The Bertz CT molecular complexity index is 341. The Morgan fingerprint density at radius 1 is 1.13 bits per heavy atom. The van der Waals surface area contributed by atoms with Crippen LogP contribution in [-0.4, -0.2) is 38.0 Å². The molecule has 0 aliphatic heterocycles. The summed E-state index contributed by atoms with van der Waals surface area (Å²) in [5.74, 6) is 1.93. The van der Waals surface area contributed by atoms with E-state index in [1.54, 1.807) is 0 Å². The quantitative estimate of drug-likeness (QED) is 0.225. The fraction of sp³-hybridized carbons (Fsp3) is 0.882. The summed E-state index contributed by atoms with van der Waals surface area (Å²) in [5.41, 5.74) is 0. The van der Waals surface area contributed by atoms with E-state index in [9.17, 15) is 4.79 Å². The molecule has 0 unspecified atom stereocenters. The Labute approximate surface area is 158 Å². The average molecular weight is 438 g/mol. The molecule has 0 bridgehead atoms. The summed E-state index contributed by atoms with van der Waals surface area (Å²) in [7, 11) is 0. The summed E-state index contributed by atoms with van der Waals surface area (Å²) >= 11 is 0. The van der Waals surface area contributed by atoms with Gasteiger partial charge in [0, 0.05) is 32.1 Å². The molecule has 0 radical (unpaired) electrons. The van der Waals surface area contributed by atoms with Crippen LogP contribution in [0.15, 0.2) is 4.99 Å². The van der Waals surface area contributed by atoms with Crippen LogP contribution < -0.4 is 16.0 Å². The van der Waals surface area contributed by atoms with Crippen LogP contribution in [-0.2, 0) is 4.79 Å². The zero-order valence-electron chi connectivity index (χ0n) is 15.0. The highest BCUT2D eigenvalue weighted by atomic mass is 127. The molecule has 0 atom stereocenters. The van der Waals surface area contributed by atoms with E-state index in [1.165, 1.54) is 38.5 Å². The lowest BCUT2D eigenvalue weighted by Gasteiger charge is -2.13. The van der Waals surface area contributed by atoms with Gasteiger partial charge in [-0.15, -0.1) is 24.0 Å². The zero-order chi connectivity index (χ0) is 16.2. The van der Waals surface area contributed by atoms with Gasteiger partial charge >= 0.3 is 0 Å². The molecule has 1 rings (SSSR count). The maximum Gasteiger partial charge on any atom is 0.222 e. The van der Waals surface area contributed by atoms with Gasteiger partial charge in [-0.25, -0.2) is 0 Å². The number of nitrogens with one attached hydrogen (secondary N) is 3. The van der Waals surface area contributed by atoms with Crippen molar-refractivity contribution in [2.24, 2.45) is 16.8 Å². The van der Waals surface area contributed by atoms with Crippen molar-refractivity contribution >= 4 is 35.8 Å². The van der Waals surface area contributed by atoms with Gasteiger partial charge in [0.1, 0.15) is 0 Å². The fourth-order valence-electron chi connectivity index (χ4n) is 2.78. The van der Waals surface area contributed by atoms with Gasteiger partial charge in [0.25, 0.3) is 0 Å². The van der Waals surface area contributed by atoms with E-state index in [2.05, 4.69) is 27.9 Å². The molecule has 0 aromatic heterocycles. The van der Waals surface area contributed by atoms with Crippen LogP contribution in [0.1, 0.15) is 59.3 Å². The van der Waals surface area contributed by atoms with Gasteiger partial charge in [-0.05, 0) is 25.7 Å². The van der Waals surface area contributed by atoms with Crippen LogP contribution in [0.25, 0.3) is 0 Å². The number of carbonyl (C=O) groups is 1. The van der Waals surface area contributed by atoms with Gasteiger partial charge in [0.2, 0.25) is 5.91 Å². The number of hydrogen-bond donors (Lipinski definition) is 3. The van der Waals surface area contributed by atoms with E-state index >= 15 is 0 Å². The van der Waals surface area contributed by atoms with Crippen molar-refractivity contribution in [1.82, 2.24) is 16.0 Å². The first-order valence-electron chi connectivity index (χ1n) is 8.93. The van der Waals surface area contributed by atoms with E-state index < -0.39 is 0 Å². The van der Waals surface area contributed by atoms with Crippen molar-refractivity contribution in [3.05, 3.63) is 0 Å². The van der Waals surface area contributed by atoms with Crippen molar-refractivity contribution < 1.29 is 4.79 Å². The molecule has 0 saturated heterocycles. The Morgan fingerprint density at radius 2 is 1.78 bits per heavy atom. The van der Waals surface area contributed by atoms with Crippen molar-refractivity contribution in [1.29, 1.82) is 0 Å². The molecule has 1 aliphatic carbocycles. The SMILES string of the molecule is CCNC(=NCCCC1CCCC1)NCCNC(=O)C(C)C.I. The van der Waals surface area contributed by atoms with Crippen LogP contribution in [0, 0.1) is 11.8 Å². The van der Waals surface area contributed by atoms with Gasteiger partial charge in [-0.2, -0.15) is 0 Å². The lowest BCUT2D eigenvalue weighted by molar-refractivity contribution is -0.123. The van der Waals surface area contributed by atoms with E-state index in [4.69, 9.17) is 0 Å². The van der Waals surface area contributed by atoms with Gasteiger partial charge in [-0.3, -0.25) is 9.79 Å². The topological polar surface area (TPSA) is 65.5 Å². The number of halogens is 1. The molecule has 1 fully saturated rings. The number of aliphatic imine (C=N–C) groups is 1. The van der Waals surface area contributed by atoms with E-state index in [0.717, 1.165) is 25.0 Å². The lowest BCUT2D eigenvalue weighted by atomic mass is 10.0. The Balaban J connectivity index is 0.00000484. The van der Waals surface area contributed by atoms with E-state index in [1.807, 2.05) is 13.8 Å². The van der Waals surface area contributed by atoms with Crippen molar-refractivity contribution in [3.8, 4) is 0 Å². The molecule has 0 aromatic rings. The van der Waals surface area contributed by atoms with Crippen molar-refractivity contribution in [2.45, 2.75) is 59.3 Å². The van der Waals surface area contributed by atoms with Gasteiger partial charge in [0.15, 0.2) is 5.96 Å². The second-order valence-corrected chi connectivity index (χ2v) is 6.43. The highest BCUT2D eigenvalue weighted by Crippen LogP contribution is 2.28. The monoisotopic (exact) mass is 438 g/mol. The number of carbonyl (C=O) groups excluding carboxylic acids is 1. The number of hydrogen-bond acceptors (Lipinski definition) is 2. The molecule has 1 amide bonds. The summed E-state index contributed by atoms with van der Waals surface area (Å²) in [6, 6.07) is 0. The van der Waals surface area contributed by atoms with Gasteiger partial charge in [0.05, 0.1) is 0 Å². The van der Waals surface area contributed by atoms with Crippen LogP contribution in [0.3, 0.4) is 0 Å². The number of nitrogens with zero attached hydrogens (tertiary/aromatic N) is 1. The summed E-state index contributed by atoms with van der Waals surface area (Å²) < 4.78 is 0. The molecule has 0 spiro atoms. The first-order chi connectivity index (χ1) is 10.6. The third-order valence-electron chi connectivity index (χ3n) is 4.10. The van der Waals surface area contributed by atoms with Crippen LogP contribution in [0.4, 0.5) is 0 Å². The van der Waals surface area contributed by atoms with Crippen molar-refractivity contribution in [2.75, 3.05) is 26.2 Å². The van der Waals surface area contributed by atoms with Crippen molar-refractivity contribution in [3.63, 3.8) is 0 Å². The molecule has 136 valence electrons. The molecule has 23 heavy (non-hydrogen) atoms. The van der Waals surface area contributed by atoms with E-state index in [0.29, 0.717) is 13.1 Å². The number of rotatable bonds is 9. The van der Waals surface area contributed by atoms with Crippen LogP contribution in [0.5, 0.6) is 0 Å². The second-order valence-electron chi connectivity index (χ2n) is 6.43. The molecule has 1 saturated carbocycles. The van der Waals surface area contributed by atoms with Crippen LogP contribution >= 0.6 is 24.0 Å². The minimum Gasteiger partial charge on any atom is -0.357 e. The largest absolute Gasteiger partial charge is 0.357 e. The first kappa shape index (κ1) is 22.5. The molecule has 5 nitrogen and oxygen atoms in total. The zero-order valence-corrected chi connectivity index (χ0v) is 17.3. The Hall–Kier alpha value is -0.530. The maximum absolute atomic E-state index is 11.5. The van der Waals surface area contributed by atoms with Crippen LogP contribution in [0.2, 0.25) is 0 Å². The summed E-state index contributed by atoms with van der Waals surface area (Å²) in [4.78, 5) is 16.1. The highest BCUT2D eigenvalue weighted by Gasteiger charge is 2.13. The molecule has 3 N–H and O–H groups in total. The normalized spacial score (nSPS) is 15.4. The van der Waals surface area contributed by atoms with Gasteiger partial charge in [-0.1, -0.05) is 39.5 Å². The summed E-state index contributed by atoms with van der Waals surface area (Å²) in [6.07, 6.45) is 8.15. The summed E-state index contributed by atoms with van der Waals surface area (Å²) in [6.45, 7) is 8.93. The standard InChI is InChI=1S/C17H34N4O.HI/c1-4-18-17(21-13-12-19-16(22)14(2)3)20-11-7-10-15-8-5-6-9-15;/h14-15H,4-13H2,1-3H3,(H,19,22)(H2,18,20,21);1H. The first-order valence-corrected chi connectivity index (χ1v) is 8.93. The highest BCUT2D eigenvalue weighted by molar-refractivity contribution is 14.0. The molecule has 0 heterocycles. The third-order valence-corrected chi connectivity index (χ3v) is 4.10. The Morgan fingerprint density at radius 3 is 2.39 bits per heavy atom. The summed E-state index contributed by atoms with van der Waals surface area (Å²) in [5, 5.41) is 9.42. The maximum atomic E-state index is 11.5.